The zero-order valence-corrected chi connectivity index (χ0v) is 13.3. The fourth-order valence-electron chi connectivity index (χ4n) is 1.80. The monoisotopic (exact) mass is 324 g/mol. The zero-order valence-electron chi connectivity index (χ0n) is 10.9. The molecule has 2 heterocycles. The third kappa shape index (κ3) is 3.12. The Morgan fingerprint density at radius 1 is 1.50 bits per heavy atom. The van der Waals surface area contributed by atoms with E-state index >= 15 is 0 Å². The van der Waals surface area contributed by atoms with Crippen molar-refractivity contribution in [3.63, 3.8) is 0 Å². The first-order valence-electron chi connectivity index (χ1n) is 5.95. The molecule has 2 aromatic rings. The molecule has 4 heteroatoms. The zero-order chi connectivity index (χ0) is 13.1. The predicted molar refractivity (Wildman–Crippen MR) is 82.6 cm³/mol. The first-order chi connectivity index (χ1) is 8.58. The van der Waals surface area contributed by atoms with Gasteiger partial charge in [-0.1, -0.05) is 6.07 Å². The Kier molecular flexibility index (Phi) is 4.40. The van der Waals surface area contributed by atoms with Crippen molar-refractivity contribution in [1.82, 2.24) is 4.98 Å². The number of aromatic nitrogens is 1. The van der Waals surface area contributed by atoms with Crippen LogP contribution in [-0.2, 0) is 6.42 Å². The number of thiophene rings is 1. The van der Waals surface area contributed by atoms with Gasteiger partial charge in [-0.3, -0.25) is 0 Å². The summed E-state index contributed by atoms with van der Waals surface area (Å²) in [5.41, 5.74) is 1.22. The summed E-state index contributed by atoms with van der Waals surface area (Å²) >= 11 is 5.30. The highest BCUT2D eigenvalue weighted by Gasteiger charge is 2.13. The Labute approximate surface area is 121 Å². The summed E-state index contributed by atoms with van der Waals surface area (Å²) in [7, 11) is 2.11. The van der Waals surface area contributed by atoms with Crippen LogP contribution in [-0.4, -0.2) is 18.1 Å². The number of likely N-dealkylation sites (N-methyl/N-ethyl adjacent to an activating group) is 1. The molecule has 0 aliphatic heterocycles. The van der Waals surface area contributed by atoms with Crippen molar-refractivity contribution < 1.29 is 0 Å². The van der Waals surface area contributed by atoms with E-state index in [4.69, 9.17) is 0 Å². The van der Waals surface area contributed by atoms with E-state index in [-0.39, 0.29) is 0 Å². The molecule has 0 saturated heterocycles. The molecule has 0 aromatic carbocycles. The average molecular weight is 325 g/mol. The van der Waals surface area contributed by atoms with E-state index < -0.39 is 0 Å². The molecule has 0 fully saturated rings. The molecule has 0 bridgehead atoms. The van der Waals surface area contributed by atoms with Crippen molar-refractivity contribution in [1.29, 1.82) is 0 Å². The lowest BCUT2D eigenvalue weighted by molar-refractivity contribution is 0.680. The van der Waals surface area contributed by atoms with Crippen LogP contribution in [0.15, 0.2) is 34.2 Å². The van der Waals surface area contributed by atoms with Crippen molar-refractivity contribution in [2.45, 2.75) is 26.3 Å². The minimum atomic E-state index is 0.441. The maximum atomic E-state index is 4.47. The van der Waals surface area contributed by atoms with E-state index in [9.17, 15) is 0 Å². The lowest BCUT2D eigenvalue weighted by Gasteiger charge is -2.26. The molecule has 0 aliphatic carbocycles. The highest BCUT2D eigenvalue weighted by Crippen LogP contribution is 2.22. The number of halogens is 1. The topological polar surface area (TPSA) is 16.1 Å². The Bertz CT molecular complexity index is 511. The normalized spacial score (nSPS) is 12.4. The first-order valence-corrected chi connectivity index (χ1v) is 7.62. The smallest absolute Gasteiger partial charge is 0.128 e. The molecule has 96 valence electrons. The van der Waals surface area contributed by atoms with Crippen LogP contribution >= 0.6 is 27.3 Å². The summed E-state index contributed by atoms with van der Waals surface area (Å²) < 4.78 is 1.06. The van der Waals surface area contributed by atoms with Crippen molar-refractivity contribution in [3.05, 3.63) is 44.7 Å². The summed E-state index contributed by atoms with van der Waals surface area (Å²) in [4.78, 5) is 8.13. The maximum absolute atomic E-state index is 4.47. The quantitative estimate of drug-likeness (QED) is 0.834. The van der Waals surface area contributed by atoms with Gasteiger partial charge in [-0.15, -0.1) is 11.3 Å². The molecule has 0 radical (unpaired) electrons. The third-order valence-electron chi connectivity index (χ3n) is 3.13. The number of rotatable bonds is 4. The third-order valence-corrected chi connectivity index (χ3v) is 4.86. The van der Waals surface area contributed by atoms with Gasteiger partial charge >= 0.3 is 0 Å². The number of pyridine rings is 1. The van der Waals surface area contributed by atoms with Gasteiger partial charge in [0.15, 0.2) is 0 Å². The minimum Gasteiger partial charge on any atom is -0.357 e. The molecule has 1 unspecified atom stereocenters. The van der Waals surface area contributed by atoms with Gasteiger partial charge in [0.25, 0.3) is 0 Å². The van der Waals surface area contributed by atoms with Gasteiger partial charge in [0.05, 0.1) is 0 Å². The number of nitrogens with zero attached hydrogens (tertiary/aromatic N) is 2. The van der Waals surface area contributed by atoms with Crippen molar-refractivity contribution in [3.8, 4) is 0 Å². The molecule has 18 heavy (non-hydrogen) atoms. The fourth-order valence-corrected chi connectivity index (χ4v) is 2.84. The van der Waals surface area contributed by atoms with Gasteiger partial charge in [-0.05, 0) is 52.9 Å². The minimum absolute atomic E-state index is 0.441. The van der Waals surface area contributed by atoms with Crippen LogP contribution in [0, 0.1) is 6.92 Å². The highest BCUT2D eigenvalue weighted by molar-refractivity contribution is 9.10. The number of aryl methyl sites for hydroxylation is 1. The van der Waals surface area contributed by atoms with Gasteiger partial charge in [0.2, 0.25) is 0 Å². The lowest BCUT2D eigenvalue weighted by atomic mass is 10.2. The summed E-state index contributed by atoms with van der Waals surface area (Å²) in [6, 6.07) is 6.86. The van der Waals surface area contributed by atoms with E-state index in [0.717, 1.165) is 16.7 Å². The second-order valence-electron chi connectivity index (χ2n) is 4.54. The summed E-state index contributed by atoms with van der Waals surface area (Å²) in [6.45, 7) is 4.33. The predicted octanol–water partition coefficient (Wildman–Crippen LogP) is 4.28. The van der Waals surface area contributed by atoms with Crippen LogP contribution in [0.2, 0.25) is 0 Å². The first kappa shape index (κ1) is 13.6. The number of anilines is 1. The number of hydrogen-bond acceptors (Lipinski definition) is 3. The summed E-state index contributed by atoms with van der Waals surface area (Å²) in [5, 5.41) is 2.13. The molecule has 2 nitrogen and oxygen atoms in total. The van der Waals surface area contributed by atoms with Gasteiger partial charge in [0, 0.05) is 35.1 Å². The van der Waals surface area contributed by atoms with Crippen LogP contribution in [0.4, 0.5) is 5.82 Å². The lowest BCUT2D eigenvalue weighted by Crippen LogP contribution is -2.31. The van der Waals surface area contributed by atoms with E-state index in [1.165, 1.54) is 10.4 Å². The van der Waals surface area contributed by atoms with Crippen molar-refractivity contribution >= 4 is 33.1 Å². The van der Waals surface area contributed by atoms with Crippen LogP contribution in [0.5, 0.6) is 0 Å². The average Bonchev–Trinajstić information content (AvgIpc) is 2.84. The van der Waals surface area contributed by atoms with Crippen molar-refractivity contribution in [2.75, 3.05) is 11.9 Å². The Morgan fingerprint density at radius 2 is 2.28 bits per heavy atom. The van der Waals surface area contributed by atoms with E-state index in [1.54, 1.807) is 0 Å². The molecule has 2 aromatic heterocycles. The second kappa shape index (κ2) is 5.85. The molecule has 1 atom stereocenters. The van der Waals surface area contributed by atoms with E-state index in [0.29, 0.717) is 6.04 Å². The molecule has 0 N–H and O–H groups in total. The van der Waals surface area contributed by atoms with Crippen molar-refractivity contribution in [2.24, 2.45) is 0 Å². The van der Waals surface area contributed by atoms with Crippen LogP contribution in [0.3, 0.4) is 0 Å². The van der Waals surface area contributed by atoms with Crippen LogP contribution in [0.1, 0.15) is 17.4 Å². The molecule has 0 saturated carbocycles. The largest absolute Gasteiger partial charge is 0.357 e. The van der Waals surface area contributed by atoms with Gasteiger partial charge in [0.1, 0.15) is 5.82 Å². The highest BCUT2D eigenvalue weighted by atomic mass is 79.9. The van der Waals surface area contributed by atoms with E-state index in [1.807, 2.05) is 17.5 Å². The molecule has 0 aliphatic rings. The molecular formula is C14H17BrN2S. The number of hydrogen-bond donors (Lipinski definition) is 0. The fraction of sp³-hybridized carbons (Fsp3) is 0.357. The van der Waals surface area contributed by atoms with Gasteiger partial charge in [-0.25, -0.2) is 4.98 Å². The molecule has 0 amide bonds. The standard InChI is InChI=1S/C14H17BrN2S/c1-10-7-14(16-9-13(10)15)17(3)11(2)8-12-5-4-6-18-12/h4-7,9,11H,8H2,1-3H3. The maximum Gasteiger partial charge on any atom is 0.128 e. The Hall–Kier alpha value is -0.870. The molecule has 2 rings (SSSR count). The summed E-state index contributed by atoms with van der Waals surface area (Å²) in [6.07, 6.45) is 2.93. The van der Waals surface area contributed by atoms with E-state index in [2.05, 4.69) is 70.3 Å². The van der Waals surface area contributed by atoms with Crippen LogP contribution in [0.25, 0.3) is 0 Å². The Morgan fingerprint density at radius 3 is 2.89 bits per heavy atom. The summed E-state index contributed by atoms with van der Waals surface area (Å²) in [5.74, 6) is 1.03. The molecule has 0 spiro atoms. The SMILES string of the molecule is Cc1cc(N(C)C(C)Cc2cccs2)ncc1Br. The van der Waals surface area contributed by atoms with Gasteiger partial charge < -0.3 is 4.90 Å². The van der Waals surface area contributed by atoms with Gasteiger partial charge in [-0.2, -0.15) is 0 Å². The Balaban J connectivity index is 2.10. The van der Waals surface area contributed by atoms with Crippen LogP contribution < -0.4 is 4.90 Å². The second-order valence-corrected chi connectivity index (χ2v) is 6.42. The molecular weight excluding hydrogens is 308 g/mol.